The number of benzene rings is 7. The Labute approximate surface area is 309 Å². The summed E-state index contributed by atoms with van der Waals surface area (Å²) in [6.07, 6.45) is 0. The topological polar surface area (TPSA) is 69.9 Å². The van der Waals surface area contributed by atoms with Crippen molar-refractivity contribution < 1.29 is 8.83 Å². The van der Waals surface area contributed by atoms with Crippen molar-refractivity contribution in [2.45, 2.75) is 19.3 Å². The van der Waals surface area contributed by atoms with E-state index in [4.69, 9.17) is 23.8 Å². The van der Waals surface area contributed by atoms with Crippen molar-refractivity contribution in [1.29, 1.82) is 0 Å². The Morgan fingerprint density at radius 2 is 1.11 bits per heavy atom. The minimum Gasteiger partial charge on any atom is -0.456 e. The molecule has 0 radical (unpaired) electrons. The number of furan rings is 2. The molecule has 0 N–H and O–H groups in total. The Hall–Kier alpha value is -7.05. The first-order valence-corrected chi connectivity index (χ1v) is 18.3. The van der Waals surface area contributed by atoms with Crippen LogP contribution in [0.4, 0.5) is 0 Å². The highest BCUT2D eigenvalue weighted by Gasteiger charge is 2.36. The summed E-state index contributed by atoms with van der Waals surface area (Å²) in [5.41, 5.74) is 11.9. The number of rotatable bonds is 3. The van der Waals surface area contributed by atoms with Gasteiger partial charge in [0.25, 0.3) is 0 Å². The molecule has 0 spiro atoms. The third-order valence-electron chi connectivity index (χ3n) is 11.5. The molecule has 7 aromatic carbocycles. The normalized spacial score (nSPS) is 13.5. The maximum absolute atomic E-state index is 6.53. The smallest absolute Gasteiger partial charge is 0.238 e. The van der Waals surface area contributed by atoms with Gasteiger partial charge in [-0.05, 0) is 70.8 Å². The van der Waals surface area contributed by atoms with Crippen molar-refractivity contribution in [1.82, 2.24) is 19.5 Å². The van der Waals surface area contributed by atoms with Crippen LogP contribution in [0.2, 0.25) is 0 Å². The second-order valence-electron chi connectivity index (χ2n) is 14.8. The summed E-state index contributed by atoms with van der Waals surface area (Å²) in [4.78, 5) is 15.8. The molecule has 0 fully saturated rings. The second kappa shape index (κ2) is 10.5. The molecule has 0 bridgehead atoms. The molecule has 1 aliphatic rings. The van der Waals surface area contributed by atoms with E-state index in [2.05, 4.69) is 109 Å². The molecular formula is C48H30N4O2. The molecule has 1 aliphatic carbocycles. The molecule has 0 saturated carbocycles. The third-order valence-corrected chi connectivity index (χ3v) is 11.5. The molecule has 6 heteroatoms. The van der Waals surface area contributed by atoms with Gasteiger partial charge in [0.05, 0.1) is 16.6 Å². The van der Waals surface area contributed by atoms with Crippen molar-refractivity contribution in [3.63, 3.8) is 0 Å². The number of hydrogen-bond acceptors (Lipinski definition) is 5. The lowest BCUT2D eigenvalue weighted by molar-refractivity contribution is 0.661. The lowest BCUT2D eigenvalue weighted by atomic mass is 9.82. The number of nitrogens with zero attached hydrogens (tertiary/aromatic N) is 4. The van der Waals surface area contributed by atoms with Gasteiger partial charge in [0, 0.05) is 43.3 Å². The molecule has 0 atom stereocenters. The average molecular weight is 695 g/mol. The molecular weight excluding hydrogens is 665 g/mol. The van der Waals surface area contributed by atoms with E-state index in [0.717, 1.165) is 76.8 Å². The lowest BCUT2D eigenvalue weighted by Crippen LogP contribution is -2.14. The van der Waals surface area contributed by atoms with Crippen LogP contribution < -0.4 is 0 Å². The van der Waals surface area contributed by atoms with Crippen LogP contribution in [-0.4, -0.2) is 19.5 Å². The van der Waals surface area contributed by atoms with Gasteiger partial charge in [-0.1, -0.05) is 111 Å². The van der Waals surface area contributed by atoms with E-state index in [0.29, 0.717) is 17.6 Å². The zero-order valence-electron chi connectivity index (χ0n) is 29.5. The number of fused-ring (bicyclic) bond motifs is 12. The van der Waals surface area contributed by atoms with E-state index in [9.17, 15) is 0 Å². The number of para-hydroxylation sites is 4. The zero-order chi connectivity index (χ0) is 35.7. The summed E-state index contributed by atoms with van der Waals surface area (Å²) >= 11 is 0. The van der Waals surface area contributed by atoms with Crippen molar-refractivity contribution in [2.75, 3.05) is 0 Å². The van der Waals surface area contributed by atoms with Crippen LogP contribution in [0.15, 0.2) is 154 Å². The van der Waals surface area contributed by atoms with Crippen molar-refractivity contribution >= 4 is 65.7 Å². The molecule has 12 rings (SSSR count). The highest BCUT2D eigenvalue weighted by Crippen LogP contribution is 2.51. The van der Waals surface area contributed by atoms with Crippen LogP contribution >= 0.6 is 0 Å². The van der Waals surface area contributed by atoms with Gasteiger partial charge in [-0.3, -0.25) is 4.57 Å². The van der Waals surface area contributed by atoms with Crippen LogP contribution in [0, 0.1) is 0 Å². The average Bonchev–Trinajstić information content (AvgIpc) is 3.93. The maximum atomic E-state index is 6.53. The Morgan fingerprint density at radius 1 is 0.444 bits per heavy atom. The molecule has 0 unspecified atom stereocenters. The summed E-state index contributed by atoms with van der Waals surface area (Å²) in [6, 6.07) is 50.7. The SMILES string of the molecule is CC1(C)c2ccccc2-c2cc3c(cc21)c1ccccc1n3-c1nc(-c2ccc3c(c2)oc2ccccc23)nc(-c2cccc3c2oc2ccccc23)n1. The molecule has 4 aromatic heterocycles. The molecule has 0 aliphatic heterocycles. The minimum absolute atomic E-state index is 0.128. The molecule has 11 aromatic rings. The van der Waals surface area contributed by atoms with Crippen LogP contribution in [0.3, 0.4) is 0 Å². The van der Waals surface area contributed by atoms with Gasteiger partial charge in [0.15, 0.2) is 11.6 Å². The van der Waals surface area contributed by atoms with Gasteiger partial charge in [-0.25, -0.2) is 4.98 Å². The fourth-order valence-corrected chi connectivity index (χ4v) is 8.88. The predicted molar refractivity (Wildman–Crippen MR) is 217 cm³/mol. The standard InChI is InChI=1S/C48H30N4O2/c1-48(2)37-18-7-3-12-28(37)35-26-40-36(25-38(35)48)29-13-4-8-19-39(29)52(40)47-50-45(27-22-23-32-30-14-5-9-20-41(30)53-43(32)24-27)49-46(51-47)34-17-11-16-33-31-15-6-10-21-42(31)54-44(33)34/h3-26H,1-2H3. The van der Waals surface area contributed by atoms with E-state index in [1.165, 1.54) is 22.3 Å². The Kier molecular flexibility index (Phi) is 5.75. The summed E-state index contributed by atoms with van der Waals surface area (Å²) in [6.45, 7) is 4.65. The Morgan fingerprint density at radius 3 is 1.98 bits per heavy atom. The summed E-state index contributed by atoms with van der Waals surface area (Å²) in [5.74, 6) is 1.61. The molecule has 54 heavy (non-hydrogen) atoms. The van der Waals surface area contributed by atoms with Crippen molar-refractivity contribution in [3.05, 3.63) is 157 Å². The monoisotopic (exact) mass is 694 g/mol. The van der Waals surface area contributed by atoms with Crippen LogP contribution in [0.1, 0.15) is 25.0 Å². The van der Waals surface area contributed by atoms with E-state index < -0.39 is 0 Å². The Balaban J connectivity index is 1.17. The van der Waals surface area contributed by atoms with Gasteiger partial charge < -0.3 is 8.83 Å². The van der Waals surface area contributed by atoms with E-state index in [1.807, 2.05) is 54.6 Å². The molecule has 0 saturated heterocycles. The van der Waals surface area contributed by atoms with Gasteiger partial charge >= 0.3 is 0 Å². The fourth-order valence-electron chi connectivity index (χ4n) is 8.88. The largest absolute Gasteiger partial charge is 0.456 e. The first-order chi connectivity index (χ1) is 26.5. The molecule has 0 amide bonds. The number of hydrogen-bond donors (Lipinski definition) is 0. The van der Waals surface area contributed by atoms with Crippen molar-refractivity contribution in [3.8, 4) is 39.9 Å². The first kappa shape index (κ1) is 29.5. The zero-order valence-corrected chi connectivity index (χ0v) is 29.5. The van der Waals surface area contributed by atoms with E-state index in [-0.39, 0.29) is 5.41 Å². The highest BCUT2D eigenvalue weighted by atomic mass is 16.3. The first-order valence-electron chi connectivity index (χ1n) is 18.3. The second-order valence-corrected chi connectivity index (χ2v) is 14.8. The number of aromatic nitrogens is 4. The predicted octanol–water partition coefficient (Wildman–Crippen LogP) is 12.4. The van der Waals surface area contributed by atoms with Gasteiger partial charge in [-0.15, -0.1) is 0 Å². The highest BCUT2D eigenvalue weighted by molar-refractivity contribution is 6.12. The van der Waals surface area contributed by atoms with Crippen LogP contribution in [-0.2, 0) is 5.41 Å². The molecule has 6 nitrogen and oxygen atoms in total. The minimum atomic E-state index is -0.128. The third kappa shape index (κ3) is 3.97. The van der Waals surface area contributed by atoms with Gasteiger partial charge in [-0.2, -0.15) is 9.97 Å². The summed E-state index contributed by atoms with van der Waals surface area (Å²) < 4.78 is 15.1. The van der Waals surface area contributed by atoms with Crippen LogP contribution in [0.5, 0.6) is 0 Å². The Bertz CT molecular complexity index is 3380. The van der Waals surface area contributed by atoms with Crippen LogP contribution in [0.25, 0.3) is 106 Å². The van der Waals surface area contributed by atoms with Gasteiger partial charge in [0.2, 0.25) is 5.95 Å². The van der Waals surface area contributed by atoms with E-state index >= 15 is 0 Å². The summed E-state index contributed by atoms with van der Waals surface area (Å²) in [5, 5.41) is 6.51. The quantitative estimate of drug-likeness (QED) is 0.184. The molecule has 4 heterocycles. The van der Waals surface area contributed by atoms with E-state index in [1.54, 1.807) is 0 Å². The summed E-state index contributed by atoms with van der Waals surface area (Å²) in [7, 11) is 0. The van der Waals surface area contributed by atoms with Crippen molar-refractivity contribution in [2.24, 2.45) is 0 Å². The molecule has 254 valence electrons. The lowest BCUT2D eigenvalue weighted by Gasteiger charge is -2.21. The fraction of sp³-hybridized carbons (Fsp3) is 0.0625. The van der Waals surface area contributed by atoms with Gasteiger partial charge in [0.1, 0.15) is 22.3 Å². The maximum Gasteiger partial charge on any atom is 0.238 e.